The van der Waals surface area contributed by atoms with Crippen LogP contribution in [0.4, 0.5) is 15.8 Å². The molecule has 6 atom stereocenters. The Morgan fingerprint density at radius 1 is 0.860 bits per heavy atom. The standard InChI is InChI=1S/C39H31ClFN3O6/c1-50-31-9-5-8-30(45)33(31)34-26-18-19-27-32(37(48)43(35(27)46)25-6-3-2-4-7-25)28(26)20-29-36(47)44(42-24-16-14-23(41)15-17-24)38(49)39(29,34)21-10-12-22(40)13-11-21/h2-18,27-29,32,34,42,45H,19-20H2,1H3. The highest BCUT2D eigenvalue weighted by atomic mass is 35.5. The minimum atomic E-state index is -1.65. The number of nitrogens with zero attached hydrogens (tertiary/aromatic N) is 2. The van der Waals surface area contributed by atoms with Gasteiger partial charge < -0.3 is 9.84 Å². The van der Waals surface area contributed by atoms with Gasteiger partial charge in [-0.1, -0.05) is 59.6 Å². The SMILES string of the molecule is COc1cccc(O)c1C1C2=CCC3C(=O)N(c4ccccc4)C(=O)C3C2CC2C(=O)N(Nc3ccc(F)cc3)C(=O)C21c1ccc(Cl)cc1. The van der Waals surface area contributed by atoms with E-state index in [9.17, 15) is 23.9 Å². The van der Waals surface area contributed by atoms with Gasteiger partial charge in [-0.25, -0.2) is 4.39 Å². The Kier molecular flexibility index (Phi) is 7.52. The Balaban J connectivity index is 1.36. The van der Waals surface area contributed by atoms with Crippen LogP contribution in [0.2, 0.25) is 5.02 Å². The second kappa shape index (κ2) is 11.8. The fraction of sp³-hybridized carbons (Fsp3) is 0.231. The zero-order chi connectivity index (χ0) is 34.9. The van der Waals surface area contributed by atoms with Crippen molar-refractivity contribution in [2.75, 3.05) is 17.4 Å². The van der Waals surface area contributed by atoms with Crippen molar-refractivity contribution in [3.8, 4) is 11.5 Å². The van der Waals surface area contributed by atoms with Gasteiger partial charge in [-0.05, 0) is 85.0 Å². The van der Waals surface area contributed by atoms with Crippen LogP contribution in [-0.4, -0.2) is 40.9 Å². The second-order valence-electron chi connectivity index (χ2n) is 13.1. The smallest absolute Gasteiger partial charge is 0.260 e. The first-order valence-corrected chi connectivity index (χ1v) is 16.7. The summed E-state index contributed by atoms with van der Waals surface area (Å²) in [6.07, 6.45) is 2.19. The van der Waals surface area contributed by atoms with Crippen molar-refractivity contribution >= 4 is 46.6 Å². The van der Waals surface area contributed by atoms with E-state index in [2.05, 4.69) is 5.43 Å². The molecule has 6 unspecified atom stereocenters. The number of aromatic hydroxyl groups is 1. The van der Waals surface area contributed by atoms with Gasteiger partial charge in [0.25, 0.3) is 11.8 Å². The number of amides is 4. The van der Waals surface area contributed by atoms with E-state index >= 15 is 4.79 Å². The predicted octanol–water partition coefficient (Wildman–Crippen LogP) is 6.38. The number of hydrogen-bond acceptors (Lipinski definition) is 7. The summed E-state index contributed by atoms with van der Waals surface area (Å²) in [6.45, 7) is 0. The maximum Gasteiger partial charge on any atom is 0.260 e. The molecule has 0 aromatic heterocycles. The lowest BCUT2D eigenvalue weighted by Crippen LogP contribution is -2.53. The summed E-state index contributed by atoms with van der Waals surface area (Å²) in [5.41, 5.74) is 3.46. The van der Waals surface area contributed by atoms with E-state index in [1.54, 1.807) is 66.7 Å². The van der Waals surface area contributed by atoms with Crippen molar-refractivity contribution in [1.29, 1.82) is 0 Å². The maximum atomic E-state index is 15.2. The fourth-order valence-electron chi connectivity index (χ4n) is 8.80. The van der Waals surface area contributed by atoms with Crippen molar-refractivity contribution in [3.05, 3.63) is 131 Å². The van der Waals surface area contributed by atoms with Gasteiger partial charge in [0.2, 0.25) is 11.8 Å². The average molecular weight is 692 g/mol. The van der Waals surface area contributed by atoms with Crippen molar-refractivity contribution in [2.24, 2.45) is 23.7 Å². The van der Waals surface area contributed by atoms with Gasteiger partial charge in [-0.15, -0.1) is 0 Å². The molecule has 9 nitrogen and oxygen atoms in total. The van der Waals surface area contributed by atoms with Crippen molar-refractivity contribution in [2.45, 2.75) is 24.2 Å². The fourth-order valence-corrected chi connectivity index (χ4v) is 8.93. The molecule has 11 heteroatoms. The van der Waals surface area contributed by atoms with Gasteiger partial charge in [0.15, 0.2) is 0 Å². The van der Waals surface area contributed by atoms with Gasteiger partial charge in [0.05, 0.1) is 41.7 Å². The summed E-state index contributed by atoms with van der Waals surface area (Å²) in [4.78, 5) is 59.5. The third kappa shape index (κ3) is 4.51. The molecule has 2 heterocycles. The van der Waals surface area contributed by atoms with Crippen LogP contribution in [0.25, 0.3) is 0 Å². The number of rotatable bonds is 6. The number of phenols is 1. The maximum absolute atomic E-state index is 15.2. The third-order valence-corrected chi connectivity index (χ3v) is 11.1. The summed E-state index contributed by atoms with van der Waals surface area (Å²) in [5, 5.41) is 13.0. The Hall–Kier alpha value is -5.48. The Morgan fingerprint density at radius 2 is 1.58 bits per heavy atom. The second-order valence-corrected chi connectivity index (χ2v) is 13.6. The minimum absolute atomic E-state index is 0.0653. The lowest BCUT2D eigenvalue weighted by Gasteiger charge is -2.50. The van der Waals surface area contributed by atoms with E-state index in [1.807, 2.05) is 6.08 Å². The Bertz CT molecular complexity index is 2090. The highest BCUT2D eigenvalue weighted by Crippen LogP contribution is 2.66. The number of benzene rings is 4. The van der Waals surface area contributed by atoms with Gasteiger partial charge in [0.1, 0.15) is 17.3 Å². The van der Waals surface area contributed by atoms with E-state index in [0.29, 0.717) is 27.5 Å². The molecule has 252 valence electrons. The number of imide groups is 2. The molecule has 4 aliphatic rings. The van der Waals surface area contributed by atoms with Crippen molar-refractivity contribution in [3.63, 3.8) is 0 Å². The van der Waals surface area contributed by atoms with Crippen LogP contribution >= 0.6 is 11.6 Å². The van der Waals surface area contributed by atoms with Crippen LogP contribution in [0, 0.1) is 29.5 Å². The number of allylic oxidation sites excluding steroid dienone is 2. The number of carbonyl (C=O) groups is 4. The molecule has 0 bridgehead atoms. The number of nitrogens with one attached hydrogen (secondary N) is 1. The summed E-state index contributed by atoms with van der Waals surface area (Å²) in [5.74, 6) is -6.40. The summed E-state index contributed by atoms with van der Waals surface area (Å²) in [7, 11) is 1.46. The molecule has 0 spiro atoms. The number of ether oxygens (including phenoxy) is 1. The Labute approximate surface area is 291 Å². The number of halogens is 2. The van der Waals surface area contributed by atoms with Crippen LogP contribution in [0.3, 0.4) is 0 Å². The first-order valence-electron chi connectivity index (χ1n) is 16.3. The number of para-hydroxylation sites is 1. The first-order chi connectivity index (χ1) is 24.2. The van der Waals surface area contributed by atoms with Crippen LogP contribution in [0.5, 0.6) is 11.5 Å². The van der Waals surface area contributed by atoms with Gasteiger partial charge in [0, 0.05) is 16.5 Å². The number of fused-ring (bicyclic) bond motifs is 4. The zero-order valence-electron chi connectivity index (χ0n) is 26.8. The van der Waals surface area contributed by atoms with Gasteiger partial charge in [-0.2, -0.15) is 5.01 Å². The van der Waals surface area contributed by atoms with E-state index in [-0.39, 0.29) is 41.7 Å². The molecule has 8 rings (SSSR count). The number of anilines is 2. The first kappa shape index (κ1) is 31.8. The highest BCUT2D eigenvalue weighted by molar-refractivity contribution is 6.30. The molecular formula is C39H31ClFN3O6. The van der Waals surface area contributed by atoms with E-state index in [0.717, 1.165) is 5.01 Å². The molecule has 50 heavy (non-hydrogen) atoms. The van der Waals surface area contributed by atoms with Gasteiger partial charge in [-0.3, -0.25) is 29.5 Å². The summed E-state index contributed by atoms with van der Waals surface area (Å²) in [6, 6.07) is 25.5. The number of methoxy groups -OCH3 is 1. The molecule has 2 aliphatic carbocycles. The molecule has 2 aliphatic heterocycles. The molecule has 3 fully saturated rings. The highest BCUT2D eigenvalue weighted by Gasteiger charge is 2.71. The Morgan fingerprint density at radius 3 is 2.28 bits per heavy atom. The molecule has 4 aromatic rings. The summed E-state index contributed by atoms with van der Waals surface area (Å²) < 4.78 is 19.7. The largest absolute Gasteiger partial charge is 0.508 e. The van der Waals surface area contributed by atoms with Crippen LogP contribution < -0.4 is 15.1 Å². The minimum Gasteiger partial charge on any atom is -0.508 e. The number of carbonyl (C=O) groups excluding carboxylic acids is 4. The molecule has 1 saturated carbocycles. The molecule has 2 saturated heterocycles. The van der Waals surface area contributed by atoms with Crippen LogP contribution in [-0.2, 0) is 24.6 Å². The normalized spacial score (nSPS) is 27.1. The third-order valence-electron chi connectivity index (χ3n) is 10.8. The van der Waals surface area contributed by atoms with Crippen LogP contribution in [0.15, 0.2) is 109 Å². The van der Waals surface area contributed by atoms with E-state index < -0.39 is 52.6 Å². The predicted molar refractivity (Wildman–Crippen MR) is 183 cm³/mol. The monoisotopic (exact) mass is 691 g/mol. The van der Waals surface area contributed by atoms with E-state index in [1.165, 1.54) is 42.3 Å². The van der Waals surface area contributed by atoms with Crippen LogP contribution in [0.1, 0.15) is 29.9 Å². The molecular weight excluding hydrogens is 661 g/mol. The van der Waals surface area contributed by atoms with Crippen molar-refractivity contribution < 1.29 is 33.4 Å². The summed E-state index contributed by atoms with van der Waals surface area (Å²) >= 11 is 6.35. The molecule has 4 aromatic carbocycles. The molecule has 0 radical (unpaired) electrons. The topological polar surface area (TPSA) is 116 Å². The number of phenolic OH excluding ortho intramolecular Hbond substituents is 1. The number of hydrogen-bond donors (Lipinski definition) is 2. The zero-order valence-corrected chi connectivity index (χ0v) is 27.5. The van der Waals surface area contributed by atoms with Gasteiger partial charge >= 0.3 is 0 Å². The quantitative estimate of drug-likeness (QED) is 0.178. The molecule has 2 N–H and O–H groups in total. The lowest BCUT2D eigenvalue weighted by atomic mass is 9.49. The lowest BCUT2D eigenvalue weighted by molar-refractivity contribution is -0.138. The molecule has 4 amide bonds. The number of hydrazine groups is 1. The van der Waals surface area contributed by atoms with Crippen molar-refractivity contribution in [1.82, 2.24) is 5.01 Å². The van der Waals surface area contributed by atoms with E-state index in [4.69, 9.17) is 16.3 Å². The average Bonchev–Trinajstić information content (AvgIpc) is 3.50.